The summed E-state index contributed by atoms with van der Waals surface area (Å²) in [7, 11) is -3.96. The molecule has 2 aliphatic heterocycles. The van der Waals surface area contributed by atoms with Gasteiger partial charge in [0.15, 0.2) is 0 Å². The molecule has 0 aliphatic carbocycles. The minimum Gasteiger partial charge on any atom is -0.351 e. The van der Waals surface area contributed by atoms with Crippen LogP contribution in [0.15, 0.2) is 12.1 Å². The maximum Gasteiger partial charge on any atom is 0.304 e. The summed E-state index contributed by atoms with van der Waals surface area (Å²) < 4.78 is 28.4. The van der Waals surface area contributed by atoms with Crippen LogP contribution in [0, 0.1) is 5.92 Å². The quantitative estimate of drug-likeness (QED) is 0.719. The highest BCUT2D eigenvalue weighted by molar-refractivity contribution is 7.87. The summed E-state index contributed by atoms with van der Waals surface area (Å²) >= 11 is 6.07. The first-order chi connectivity index (χ1) is 12.5. The minimum atomic E-state index is -3.96. The fraction of sp³-hybridized carbons (Fsp3) is 0.647. The molecule has 2 saturated heterocycles. The second kappa shape index (κ2) is 7.20. The molecule has 3 rings (SSSR count). The highest BCUT2D eigenvalue weighted by atomic mass is 35.5. The largest absolute Gasteiger partial charge is 0.351 e. The number of hydrogen-bond donors (Lipinski definition) is 2. The average Bonchev–Trinajstić information content (AvgIpc) is 3.11. The zero-order valence-corrected chi connectivity index (χ0v) is 17.3. The molecule has 0 bridgehead atoms. The Balaban J connectivity index is 1.90. The Hall–Kier alpha value is -1.42. The first-order valence-corrected chi connectivity index (χ1v) is 10.9. The Bertz CT molecular complexity index is 845. The number of nitrogens with zero attached hydrogens (tertiary/aromatic N) is 3. The molecule has 0 spiro atoms. The summed E-state index contributed by atoms with van der Waals surface area (Å²) in [5.74, 6) is 0.0803. The zero-order valence-electron chi connectivity index (χ0n) is 15.8. The fourth-order valence-electron chi connectivity index (χ4n) is 3.63. The molecule has 1 amide bonds. The molecule has 8 nitrogen and oxygen atoms in total. The van der Waals surface area contributed by atoms with Gasteiger partial charge in [-0.25, -0.2) is 9.71 Å². The summed E-state index contributed by atoms with van der Waals surface area (Å²) in [6, 6.07) is 2.80. The fourth-order valence-corrected chi connectivity index (χ4v) is 4.98. The second-order valence-electron chi connectivity index (χ2n) is 7.84. The standard InChI is InChI=1S/C17H26ClN5O3S/c1-11-6-9-23(17(11,2)3)15-13(4-5-14(18)20-15)16(24)21-27(25,26)22-8-7-12(19)10-22/h4-5,11-12H,6-10,19H2,1-3H3,(H,21,24)/t11?,12-/m0/s1. The molecule has 0 saturated carbocycles. The summed E-state index contributed by atoms with van der Waals surface area (Å²) in [6.07, 6.45) is 1.52. The lowest BCUT2D eigenvalue weighted by molar-refractivity contribution is 0.0979. The van der Waals surface area contributed by atoms with Gasteiger partial charge >= 0.3 is 10.2 Å². The minimum absolute atomic E-state index is 0.189. The van der Waals surface area contributed by atoms with E-state index in [2.05, 4.69) is 30.5 Å². The molecule has 10 heteroatoms. The van der Waals surface area contributed by atoms with Crippen LogP contribution in [0.2, 0.25) is 5.15 Å². The van der Waals surface area contributed by atoms with Gasteiger partial charge in [0.25, 0.3) is 5.91 Å². The Labute approximate surface area is 165 Å². The maximum atomic E-state index is 12.8. The second-order valence-corrected chi connectivity index (χ2v) is 9.90. The molecule has 27 heavy (non-hydrogen) atoms. The lowest BCUT2D eigenvalue weighted by Crippen LogP contribution is -2.45. The summed E-state index contributed by atoms with van der Waals surface area (Å²) in [6.45, 7) is 7.52. The number of aromatic nitrogens is 1. The van der Waals surface area contributed by atoms with Crippen molar-refractivity contribution in [1.29, 1.82) is 0 Å². The van der Waals surface area contributed by atoms with Crippen LogP contribution in [0.5, 0.6) is 0 Å². The van der Waals surface area contributed by atoms with E-state index in [1.165, 1.54) is 16.4 Å². The topological polar surface area (TPSA) is 109 Å². The molecule has 150 valence electrons. The number of pyridine rings is 1. The van der Waals surface area contributed by atoms with Gasteiger partial charge in [-0.1, -0.05) is 18.5 Å². The van der Waals surface area contributed by atoms with Gasteiger partial charge in [-0.15, -0.1) is 0 Å². The monoisotopic (exact) mass is 415 g/mol. The first kappa shape index (κ1) is 20.3. The van der Waals surface area contributed by atoms with Crippen molar-refractivity contribution in [2.45, 2.75) is 45.2 Å². The highest BCUT2D eigenvalue weighted by Gasteiger charge is 2.41. The molecule has 2 atom stereocenters. The molecule has 3 heterocycles. The van der Waals surface area contributed by atoms with E-state index in [4.69, 9.17) is 17.3 Å². The number of anilines is 1. The molecule has 1 aromatic rings. The third-order valence-electron chi connectivity index (χ3n) is 5.78. The van der Waals surface area contributed by atoms with Crippen LogP contribution in [0.3, 0.4) is 0 Å². The van der Waals surface area contributed by atoms with E-state index >= 15 is 0 Å². The van der Waals surface area contributed by atoms with Gasteiger partial charge in [0.1, 0.15) is 11.0 Å². The maximum absolute atomic E-state index is 12.8. The molecule has 3 N–H and O–H groups in total. The molecule has 0 radical (unpaired) electrons. The Morgan fingerprint density at radius 2 is 2.04 bits per heavy atom. The Kier molecular flexibility index (Phi) is 5.42. The van der Waals surface area contributed by atoms with Crippen LogP contribution in [0.25, 0.3) is 0 Å². The predicted molar refractivity (Wildman–Crippen MR) is 105 cm³/mol. The van der Waals surface area contributed by atoms with Crippen LogP contribution in [0.1, 0.15) is 44.0 Å². The Morgan fingerprint density at radius 3 is 2.59 bits per heavy atom. The molecule has 2 fully saturated rings. The highest BCUT2D eigenvalue weighted by Crippen LogP contribution is 2.38. The number of hydrogen-bond acceptors (Lipinski definition) is 6. The van der Waals surface area contributed by atoms with Gasteiger partial charge in [-0.3, -0.25) is 4.79 Å². The van der Waals surface area contributed by atoms with Crippen LogP contribution in [-0.2, 0) is 10.2 Å². The molecule has 1 aromatic heterocycles. The van der Waals surface area contributed by atoms with Crippen molar-refractivity contribution >= 4 is 33.5 Å². The predicted octanol–water partition coefficient (Wildman–Crippen LogP) is 1.37. The molecular weight excluding hydrogens is 390 g/mol. The number of carbonyl (C=O) groups excluding carboxylic acids is 1. The summed E-state index contributed by atoms with van der Waals surface area (Å²) in [4.78, 5) is 19.2. The number of halogens is 1. The average molecular weight is 416 g/mol. The van der Waals surface area contributed by atoms with Crippen molar-refractivity contribution in [3.8, 4) is 0 Å². The van der Waals surface area contributed by atoms with Crippen molar-refractivity contribution < 1.29 is 13.2 Å². The van der Waals surface area contributed by atoms with E-state index in [1.807, 2.05) is 4.90 Å². The number of amides is 1. The number of nitrogens with one attached hydrogen (secondary N) is 1. The summed E-state index contributed by atoms with van der Waals surface area (Å²) in [5.41, 5.74) is 5.74. The van der Waals surface area contributed by atoms with E-state index in [0.717, 1.165) is 13.0 Å². The van der Waals surface area contributed by atoms with Crippen molar-refractivity contribution in [1.82, 2.24) is 14.0 Å². The summed E-state index contributed by atoms with van der Waals surface area (Å²) in [5, 5.41) is 0.255. The molecule has 0 aromatic carbocycles. The van der Waals surface area contributed by atoms with Crippen molar-refractivity contribution in [2.75, 3.05) is 24.5 Å². The van der Waals surface area contributed by atoms with Gasteiger partial charge < -0.3 is 10.6 Å². The van der Waals surface area contributed by atoms with Crippen molar-refractivity contribution in [3.63, 3.8) is 0 Å². The van der Waals surface area contributed by atoms with Gasteiger partial charge in [-0.2, -0.15) is 12.7 Å². The van der Waals surface area contributed by atoms with Crippen LogP contribution >= 0.6 is 11.6 Å². The SMILES string of the molecule is CC1CCN(c2nc(Cl)ccc2C(=O)NS(=O)(=O)N2CC[C@H](N)C2)C1(C)C. The number of rotatable bonds is 4. The van der Waals surface area contributed by atoms with Crippen molar-refractivity contribution in [3.05, 3.63) is 22.8 Å². The molecule has 1 unspecified atom stereocenters. The third kappa shape index (κ3) is 3.91. The van der Waals surface area contributed by atoms with Gasteiger partial charge in [0.2, 0.25) is 0 Å². The lowest BCUT2D eigenvalue weighted by atomic mass is 9.90. The van der Waals surface area contributed by atoms with E-state index in [-0.39, 0.29) is 28.8 Å². The van der Waals surface area contributed by atoms with E-state index in [1.54, 1.807) is 0 Å². The first-order valence-electron chi connectivity index (χ1n) is 9.04. The van der Waals surface area contributed by atoms with Gasteiger partial charge in [0, 0.05) is 31.2 Å². The van der Waals surface area contributed by atoms with Gasteiger partial charge in [-0.05, 0) is 44.7 Å². The van der Waals surface area contributed by atoms with Crippen LogP contribution < -0.4 is 15.4 Å². The van der Waals surface area contributed by atoms with Crippen molar-refractivity contribution in [2.24, 2.45) is 11.7 Å². The zero-order chi connectivity index (χ0) is 20.0. The van der Waals surface area contributed by atoms with E-state index < -0.39 is 16.1 Å². The molecule has 2 aliphatic rings. The number of carbonyl (C=O) groups is 1. The third-order valence-corrected chi connectivity index (χ3v) is 7.44. The van der Waals surface area contributed by atoms with Crippen LogP contribution in [-0.4, -0.2) is 54.8 Å². The van der Waals surface area contributed by atoms with E-state index in [9.17, 15) is 13.2 Å². The Morgan fingerprint density at radius 1 is 1.33 bits per heavy atom. The van der Waals surface area contributed by atoms with E-state index in [0.29, 0.717) is 24.7 Å². The lowest BCUT2D eigenvalue weighted by Gasteiger charge is -2.36. The van der Waals surface area contributed by atoms with Gasteiger partial charge in [0.05, 0.1) is 5.56 Å². The smallest absolute Gasteiger partial charge is 0.304 e. The molecular formula is C17H26ClN5O3S. The number of nitrogens with two attached hydrogens (primary N) is 1. The van der Waals surface area contributed by atoms with Crippen LogP contribution in [0.4, 0.5) is 5.82 Å². The normalized spacial score (nSPS) is 25.7.